The van der Waals surface area contributed by atoms with Gasteiger partial charge in [0.1, 0.15) is 11.8 Å². The lowest BCUT2D eigenvalue weighted by Gasteiger charge is -2.16. The fourth-order valence-corrected chi connectivity index (χ4v) is 4.47. The molecule has 0 N–H and O–H groups in total. The predicted molar refractivity (Wildman–Crippen MR) is 108 cm³/mol. The summed E-state index contributed by atoms with van der Waals surface area (Å²) in [4.78, 5) is 16.8. The maximum Gasteiger partial charge on any atom is 0.338 e. The molecule has 0 amide bonds. The highest BCUT2D eigenvalue weighted by molar-refractivity contribution is 7.92. The first kappa shape index (κ1) is 18.7. The van der Waals surface area contributed by atoms with Crippen LogP contribution in [0.4, 0.5) is 5.69 Å². The number of para-hydroxylation sites is 1. The topological polar surface area (TPSA) is 76.6 Å². The second kappa shape index (κ2) is 7.07. The van der Waals surface area contributed by atoms with E-state index in [2.05, 4.69) is 4.98 Å². The van der Waals surface area contributed by atoms with Gasteiger partial charge in [0.2, 0.25) is 10.0 Å². The van der Waals surface area contributed by atoms with Crippen molar-refractivity contribution in [3.63, 3.8) is 0 Å². The number of aromatic nitrogens is 1. The summed E-state index contributed by atoms with van der Waals surface area (Å²) in [6.45, 7) is 0.382. The maximum atomic E-state index is 12.5. The number of fused-ring (bicyclic) bond motifs is 2. The Kier molecular flexibility index (Phi) is 4.72. The number of carbonyl (C=O) groups is 1. The normalized spacial score (nSPS) is 13.6. The van der Waals surface area contributed by atoms with E-state index in [9.17, 15) is 13.2 Å². The van der Waals surface area contributed by atoms with Crippen molar-refractivity contribution < 1.29 is 17.9 Å². The Morgan fingerprint density at radius 1 is 1.21 bits per heavy atom. The van der Waals surface area contributed by atoms with Crippen molar-refractivity contribution >= 4 is 44.2 Å². The van der Waals surface area contributed by atoms with E-state index in [0.717, 1.165) is 16.5 Å². The minimum atomic E-state index is -3.32. The molecule has 8 heteroatoms. The van der Waals surface area contributed by atoms with Crippen molar-refractivity contribution in [3.05, 3.63) is 70.4 Å². The molecule has 28 heavy (non-hydrogen) atoms. The number of sulfonamides is 1. The summed E-state index contributed by atoms with van der Waals surface area (Å²) in [6.07, 6.45) is 1.73. The SMILES string of the molecule is CS(=O)(=O)N1CCc2cc(C(=O)OCc3cc4ccccc4nc3Cl)ccc21. The maximum absolute atomic E-state index is 12.5. The van der Waals surface area contributed by atoms with E-state index in [0.29, 0.717) is 34.9 Å². The zero-order valence-electron chi connectivity index (χ0n) is 15.1. The van der Waals surface area contributed by atoms with Crippen molar-refractivity contribution in [2.24, 2.45) is 0 Å². The highest BCUT2D eigenvalue weighted by Gasteiger charge is 2.27. The number of hydrogen-bond donors (Lipinski definition) is 0. The molecule has 144 valence electrons. The van der Waals surface area contributed by atoms with Crippen LogP contribution in [-0.4, -0.2) is 32.2 Å². The molecule has 0 unspecified atom stereocenters. The molecule has 1 aromatic heterocycles. The Labute approximate surface area is 167 Å². The number of anilines is 1. The summed E-state index contributed by atoms with van der Waals surface area (Å²) >= 11 is 6.20. The molecule has 0 radical (unpaired) electrons. The molecule has 4 rings (SSSR count). The van der Waals surface area contributed by atoms with Crippen LogP contribution in [0.15, 0.2) is 48.5 Å². The number of hydrogen-bond acceptors (Lipinski definition) is 5. The van der Waals surface area contributed by atoms with Gasteiger partial charge in [-0.25, -0.2) is 18.2 Å². The van der Waals surface area contributed by atoms with Crippen LogP contribution in [0.3, 0.4) is 0 Å². The van der Waals surface area contributed by atoms with E-state index in [1.54, 1.807) is 18.2 Å². The van der Waals surface area contributed by atoms with Gasteiger partial charge in [0, 0.05) is 17.5 Å². The van der Waals surface area contributed by atoms with E-state index in [1.165, 1.54) is 10.6 Å². The first-order valence-corrected chi connectivity index (χ1v) is 10.9. The zero-order chi connectivity index (χ0) is 19.9. The first-order chi connectivity index (χ1) is 13.3. The van der Waals surface area contributed by atoms with Gasteiger partial charge in [0.15, 0.2) is 0 Å². The van der Waals surface area contributed by atoms with E-state index in [4.69, 9.17) is 16.3 Å². The first-order valence-electron chi connectivity index (χ1n) is 8.65. The van der Waals surface area contributed by atoms with Crippen LogP contribution in [0.1, 0.15) is 21.5 Å². The van der Waals surface area contributed by atoms with Gasteiger partial charge < -0.3 is 4.74 Å². The van der Waals surface area contributed by atoms with Crippen molar-refractivity contribution in [3.8, 4) is 0 Å². The van der Waals surface area contributed by atoms with Gasteiger partial charge in [-0.15, -0.1) is 0 Å². The number of benzene rings is 2. The molecule has 0 bridgehead atoms. The molecule has 0 saturated carbocycles. The predicted octanol–water partition coefficient (Wildman–Crippen LogP) is 3.57. The number of carbonyl (C=O) groups excluding carboxylic acids is 1. The number of esters is 1. The quantitative estimate of drug-likeness (QED) is 0.480. The second-order valence-electron chi connectivity index (χ2n) is 6.64. The van der Waals surface area contributed by atoms with Crippen LogP contribution in [-0.2, 0) is 27.8 Å². The molecule has 0 saturated heterocycles. The number of nitrogens with zero attached hydrogens (tertiary/aromatic N) is 2. The summed E-state index contributed by atoms with van der Waals surface area (Å²) in [5.74, 6) is -0.496. The van der Waals surface area contributed by atoms with Gasteiger partial charge in [-0.2, -0.15) is 0 Å². The van der Waals surface area contributed by atoms with Crippen LogP contribution in [0, 0.1) is 0 Å². The molecule has 1 aliphatic rings. The molecule has 3 aromatic rings. The third-order valence-electron chi connectivity index (χ3n) is 4.68. The van der Waals surface area contributed by atoms with Crippen LogP contribution < -0.4 is 4.31 Å². The van der Waals surface area contributed by atoms with Crippen LogP contribution in [0.5, 0.6) is 0 Å². The molecule has 1 aliphatic heterocycles. The van der Waals surface area contributed by atoms with E-state index in [1.807, 2.05) is 30.3 Å². The smallest absolute Gasteiger partial charge is 0.338 e. The summed E-state index contributed by atoms with van der Waals surface area (Å²) in [7, 11) is -3.32. The second-order valence-corrected chi connectivity index (χ2v) is 8.90. The van der Waals surface area contributed by atoms with Gasteiger partial charge in [-0.05, 0) is 42.3 Å². The molecular formula is C20H17ClN2O4S. The molecule has 6 nitrogen and oxygen atoms in total. The lowest BCUT2D eigenvalue weighted by atomic mass is 10.1. The lowest BCUT2D eigenvalue weighted by Crippen LogP contribution is -2.27. The van der Waals surface area contributed by atoms with Gasteiger partial charge in [0.05, 0.1) is 23.0 Å². The van der Waals surface area contributed by atoms with E-state index < -0.39 is 16.0 Å². The third-order valence-corrected chi connectivity index (χ3v) is 6.18. The van der Waals surface area contributed by atoms with Gasteiger partial charge in [-0.1, -0.05) is 29.8 Å². The summed E-state index contributed by atoms with van der Waals surface area (Å²) < 4.78 is 30.4. The summed E-state index contributed by atoms with van der Waals surface area (Å²) in [5.41, 5.74) is 3.19. The fraction of sp³-hybridized carbons (Fsp3) is 0.200. The monoisotopic (exact) mass is 416 g/mol. The van der Waals surface area contributed by atoms with Gasteiger partial charge in [-0.3, -0.25) is 4.31 Å². The minimum Gasteiger partial charge on any atom is -0.457 e. The van der Waals surface area contributed by atoms with Gasteiger partial charge in [0.25, 0.3) is 0 Å². The highest BCUT2D eigenvalue weighted by Crippen LogP contribution is 2.31. The average Bonchev–Trinajstić information content (AvgIpc) is 3.09. The third kappa shape index (κ3) is 3.55. The van der Waals surface area contributed by atoms with Crippen molar-refractivity contribution in [1.82, 2.24) is 4.98 Å². The van der Waals surface area contributed by atoms with Crippen LogP contribution in [0.2, 0.25) is 5.15 Å². The molecule has 0 spiro atoms. The summed E-state index contributed by atoms with van der Waals surface area (Å²) in [6, 6.07) is 14.3. The number of rotatable bonds is 4. The van der Waals surface area contributed by atoms with E-state index >= 15 is 0 Å². The Balaban J connectivity index is 1.52. The molecule has 0 atom stereocenters. The standard InChI is InChI=1S/C20H17ClN2O4S/c1-28(25,26)23-9-8-14-11-15(6-7-18(14)23)20(24)27-12-16-10-13-4-2-3-5-17(13)22-19(16)21/h2-7,10-11H,8-9,12H2,1H3. The average molecular weight is 417 g/mol. The van der Waals surface area contributed by atoms with Crippen LogP contribution in [0.25, 0.3) is 10.9 Å². The number of pyridine rings is 1. The zero-order valence-corrected chi connectivity index (χ0v) is 16.6. The molecular weight excluding hydrogens is 400 g/mol. The summed E-state index contributed by atoms with van der Waals surface area (Å²) in [5, 5.41) is 1.21. The van der Waals surface area contributed by atoms with Crippen molar-refractivity contribution in [2.75, 3.05) is 17.1 Å². The van der Waals surface area contributed by atoms with Crippen molar-refractivity contribution in [2.45, 2.75) is 13.0 Å². The van der Waals surface area contributed by atoms with Crippen LogP contribution >= 0.6 is 11.6 Å². The van der Waals surface area contributed by atoms with E-state index in [-0.39, 0.29) is 6.61 Å². The molecule has 2 heterocycles. The Hall–Kier alpha value is -2.64. The Morgan fingerprint density at radius 2 is 2.00 bits per heavy atom. The largest absolute Gasteiger partial charge is 0.457 e. The molecule has 0 aliphatic carbocycles. The number of halogens is 1. The fourth-order valence-electron chi connectivity index (χ4n) is 3.31. The molecule has 0 fully saturated rings. The number of ether oxygens (including phenoxy) is 1. The minimum absolute atomic E-state index is 0.00203. The van der Waals surface area contributed by atoms with Gasteiger partial charge >= 0.3 is 5.97 Å². The lowest BCUT2D eigenvalue weighted by molar-refractivity contribution is 0.0472. The van der Waals surface area contributed by atoms with Crippen molar-refractivity contribution in [1.29, 1.82) is 0 Å². The highest BCUT2D eigenvalue weighted by atomic mass is 35.5. The Morgan fingerprint density at radius 3 is 2.79 bits per heavy atom. The molecule has 2 aromatic carbocycles. The Bertz CT molecular complexity index is 1190.